The molecule has 0 aliphatic carbocycles. The number of aryl methyl sites for hydroxylation is 2. The fourth-order valence-corrected chi connectivity index (χ4v) is 3.44. The van der Waals surface area contributed by atoms with Crippen molar-refractivity contribution >= 4 is 49.5 Å². The standard InChI is InChI=1S/C13H12BrClN4S/c1-7-6-19-11(8(2)18-13(19)20-7)5-16-10-3-9(14)4-17-12(10)15/h3-4,6,16H,5H2,1-2H3. The molecule has 3 aromatic heterocycles. The maximum absolute atomic E-state index is 6.08. The van der Waals surface area contributed by atoms with Gasteiger partial charge in [-0.05, 0) is 35.8 Å². The van der Waals surface area contributed by atoms with Gasteiger partial charge < -0.3 is 5.32 Å². The number of halogens is 2. The number of aromatic nitrogens is 3. The van der Waals surface area contributed by atoms with Gasteiger partial charge in [-0.15, -0.1) is 11.3 Å². The largest absolute Gasteiger partial charge is 0.377 e. The summed E-state index contributed by atoms with van der Waals surface area (Å²) in [4.78, 5) is 10.9. The minimum Gasteiger partial charge on any atom is -0.377 e. The molecule has 0 spiro atoms. The molecule has 0 aromatic carbocycles. The number of imidazole rings is 1. The van der Waals surface area contributed by atoms with Gasteiger partial charge >= 0.3 is 0 Å². The molecule has 104 valence electrons. The number of hydrogen-bond donors (Lipinski definition) is 1. The second kappa shape index (κ2) is 5.35. The molecule has 0 bridgehead atoms. The van der Waals surface area contributed by atoms with Crippen LogP contribution in [0.15, 0.2) is 22.9 Å². The van der Waals surface area contributed by atoms with E-state index >= 15 is 0 Å². The van der Waals surface area contributed by atoms with E-state index in [1.54, 1.807) is 17.5 Å². The smallest absolute Gasteiger partial charge is 0.194 e. The van der Waals surface area contributed by atoms with Crippen LogP contribution in [-0.2, 0) is 6.54 Å². The van der Waals surface area contributed by atoms with Gasteiger partial charge in [0, 0.05) is 21.7 Å². The molecule has 0 saturated heterocycles. The Hall–Kier alpha value is -1.11. The molecule has 20 heavy (non-hydrogen) atoms. The average Bonchev–Trinajstić information content (AvgIpc) is 2.86. The van der Waals surface area contributed by atoms with Crippen LogP contribution in [0.2, 0.25) is 5.15 Å². The first kappa shape index (κ1) is 13.9. The normalized spacial score (nSPS) is 11.2. The molecule has 3 aromatic rings. The lowest BCUT2D eigenvalue weighted by atomic mass is 10.3. The molecule has 4 nitrogen and oxygen atoms in total. The van der Waals surface area contributed by atoms with Crippen molar-refractivity contribution < 1.29 is 0 Å². The number of anilines is 1. The molecule has 0 amide bonds. The van der Waals surface area contributed by atoms with Gasteiger partial charge in [0.25, 0.3) is 0 Å². The zero-order valence-corrected chi connectivity index (χ0v) is 14.1. The molecule has 0 fully saturated rings. The van der Waals surface area contributed by atoms with Gasteiger partial charge in [0.1, 0.15) is 0 Å². The van der Waals surface area contributed by atoms with Gasteiger partial charge in [-0.1, -0.05) is 11.6 Å². The molecule has 0 aliphatic heterocycles. The van der Waals surface area contributed by atoms with Crippen LogP contribution in [-0.4, -0.2) is 14.4 Å². The van der Waals surface area contributed by atoms with E-state index in [0.717, 1.165) is 26.5 Å². The maximum Gasteiger partial charge on any atom is 0.194 e. The molecule has 0 radical (unpaired) electrons. The maximum atomic E-state index is 6.08. The van der Waals surface area contributed by atoms with Gasteiger partial charge in [-0.3, -0.25) is 4.40 Å². The predicted octanol–water partition coefficient (Wildman–Crippen LogP) is 4.44. The topological polar surface area (TPSA) is 42.2 Å². The van der Waals surface area contributed by atoms with Crippen LogP contribution >= 0.6 is 38.9 Å². The highest BCUT2D eigenvalue weighted by Gasteiger charge is 2.11. The fourth-order valence-electron chi connectivity index (χ4n) is 2.05. The highest BCUT2D eigenvalue weighted by Crippen LogP contribution is 2.25. The van der Waals surface area contributed by atoms with E-state index in [1.165, 1.54) is 4.88 Å². The summed E-state index contributed by atoms with van der Waals surface area (Å²) in [6, 6.07) is 1.92. The van der Waals surface area contributed by atoms with Crippen LogP contribution in [0.3, 0.4) is 0 Å². The number of fused-ring (bicyclic) bond motifs is 1. The summed E-state index contributed by atoms with van der Waals surface area (Å²) in [7, 11) is 0. The van der Waals surface area contributed by atoms with Crippen molar-refractivity contribution in [2.75, 3.05) is 5.32 Å². The van der Waals surface area contributed by atoms with E-state index in [-0.39, 0.29) is 0 Å². The quantitative estimate of drug-likeness (QED) is 0.692. The molecule has 3 heterocycles. The molecule has 3 rings (SSSR count). The van der Waals surface area contributed by atoms with Gasteiger partial charge in [-0.25, -0.2) is 9.97 Å². The summed E-state index contributed by atoms with van der Waals surface area (Å²) in [6.45, 7) is 4.76. The lowest BCUT2D eigenvalue weighted by molar-refractivity contribution is 0.989. The van der Waals surface area contributed by atoms with Crippen LogP contribution in [0.5, 0.6) is 0 Å². The summed E-state index contributed by atoms with van der Waals surface area (Å²) in [5, 5.41) is 3.78. The monoisotopic (exact) mass is 370 g/mol. The molecule has 0 aliphatic rings. The Morgan fingerprint density at radius 2 is 2.25 bits per heavy atom. The molecular weight excluding hydrogens is 360 g/mol. The van der Waals surface area contributed by atoms with Crippen molar-refractivity contribution in [3.63, 3.8) is 0 Å². The highest BCUT2D eigenvalue weighted by atomic mass is 79.9. The van der Waals surface area contributed by atoms with Crippen molar-refractivity contribution in [1.82, 2.24) is 14.4 Å². The predicted molar refractivity (Wildman–Crippen MR) is 86.8 cm³/mol. The first-order valence-corrected chi connectivity index (χ1v) is 8.02. The number of nitrogens with one attached hydrogen (secondary N) is 1. The van der Waals surface area contributed by atoms with Gasteiger partial charge in [-0.2, -0.15) is 0 Å². The molecule has 0 unspecified atom stereocenters. The highest BCUT2D eigenvalue weighted by molar-refractivity contribution is 9.10. The van der Waals surface area contributed by atoms with Crippen molar-refractivity contribution in [1.29, 1.82) is 0 Å². The summed E-state index contributed by atoms with van der Waals surface area (Å²) in [6.07, 6.45) is 3.79. The zero-order chi connectivity index (χ0) is 14.3. The van der Waals surface area contributed by atoms with Crippen molar-refractivity contribution in [3.05, 3.63) is 44.4 Å². The van der Waals surface area contributed by atoms with Crippen molar-refractivity contribution in [2.45, 2.75) is 20.4 Å². The molecule has 1 N–H and O–H groups in total. The third-order valence-electron chi connectivity index (χ3n) is 2.99. The number of thiazole rings is 1. The van der Waals surface area contributed by atoms with Crippen LogP contribution in [0, 0.1) is 13.8 Å². The second-order valence-corrected chi connectivity index (χ2v) is 6.97. The van der Waals surface area contributed by atoms with Crippen LogP contribution in [0.1, 0.15) is 16.3 Å². The van der Waals surface area contributed by atoms with E-state index in [9.17, 15) is 0 Å². The fraction of sp³-hybridized carbons (Fsp3) is 0.231. The zero-order valence-electron chi connectivity index (χ0n) is 10.9. The van der Waals surface area contributed by atoms with E-state index in [4.69, 9.17) is 11.6 Å². The van der Waals surface area contributed by atoms with Crippen molar-refractivity contribution in [2.24, 2.45) is 0 Å². The third-order valence-corrected chi connectivity index (χ3v) is 4.63. The molecule has 0 saturated carbocycles. The lowest BCUT2D eigenvalue weighted by Gasteiger charge is -2.08. The first-order chi connectivity index (χ1) is 9.54. The third kappa shape index (κ3) is 2.55. The number of rotatable bonds is 3. The Balaban J connectivity index is 1.89. The van der Waals surface area contributed by atoms with E-state index in [0.29, 0.717) is 11.7 Å². The summed E-state index contributed by atoms with van der Waals surface area (Å²) >= 11 is 11.2. The van der Waals surface area contributed by atoms with E-state index < -0.39 is 0 Å². The van der Waals surface area contributed by atoms with Crippen LogP contribution in [0.4, 0.5) is 5.69 Å². The lowest BCUT2D eigenvalue weighted by Crippen LogP contribution is -2.04. The summed E-state index contributed by atoms with van der Waals surface area (Å²) < 4.78 is 3.02. The second-order valence-electron chi connectivity index (χ2n) is 4.48. The summed E-state index contributed by atoms with van der Waals surface area (Å²) in [5.41, 5.74) is 2.98. The number of hydrogen-bond acceptors (Lipinski definition) is 4. The first-order valence-electron chi connectivity index (χ1n) is 6.03. The van der Waals surface area contributed by atoms with E-state index in [1.807, 2.05) is 13.0 Å². The Bertz CT molecular complexity index is 780. The number of pyridine rings is 1. The Morgan fingerprint density at radius 1 is 1.45 bits per heavy atom. The molecular formula is C13H12BrClN4S. The van der Waals surface area contributed by atoms with Gasteiger partial charge in [0.15, 0.2) is 10.1 Å². The SMILES string of the molecule is Cc1cn2c(CNc3cc(Br)cnc3Cl)c(C)nc2s1. The minimum atomic E-state index is 0.466. The Morgan fingerprint density at radius 3 is 3.05 bits per heavy atom. The van der Waals surface area contributed by atoms with Crippen LogP contribution < -0.4 is 5.32 Å². The molecule has 7 heteroatoms. The minimum absolute atomic E-state index is 0.466. The van der Waals surface area contributed by atoms with Gasteiger partial charge in [0.2, 0.25) is 0 Å². The number of nitrogens with zero attached hydrogens (tertiary/aromatic N) is 3. The molecule has 0 atom stereocenters. The average molecular weight is 372 g/mol. The van der Waals surface area contributed by atoms with E-state index in [2.05, 4.69) is 48.7 Å². The van der Waals surface area contributed by atoms with Gasteiger partial charge in [0.05, 0.1) is 23.6 Å². The van der Waals surface area contributed by atoms with Crippen molar-refractivity contribution in [3.8, 4) is 0 Å². The summed E-state index contributed by atoms with van der Waals surface area (Å²) in [5.74, 6) is 0. The van der Waals surface area contributed by atoms with Crippen LogP contribution in [0.25, 0.3) is 4.96 Å². The Labute approximate surface area is 134 Å². The Kier molecular flexibility index (Phi) is 3.70.